The Hall–Kier alpha value is -0.00234. The molecule has 0 amide bonds. The quantitative estimate of drug-likeness (QED) is 0.347. The fraction of sp³-hybridized carbons (Fsp3) is 0.600. The normalized spacial score (nSPS) is 15.4. The Labute approximate surface area is 201 Å². The van der Waals surface area contributed by atoms with Gasteiger partial charge in [0.25, 0.3) is 0 Å². The largest absolute Gasteiger partial charge is 0.379 e. The van der Waals surface area contributed by atoms with Crippen molar-refractivity contribution in [3.8, 4) is 0 Å². The Kier molecular flexibility index (Phi) is 11.9. The Morgan fingerprint density at radius 2 is 0.963 bits per heavy atom. The zero-order valence-electron chi connectivity index (χ0n) is 19.5. The first-order valence-corrected chi connectivity index (χ1v) is 10.0. The first-order valence-electron chi connectivity index (χ1n) is 10.0. The molecule has 2 aromatic carbocycles. The number of hydrogen-bond donors (Lipinski definition) is 0. The molecule has 0 aromatic heterocycles. The minimum absolute atomic E-state index is 0. The molecular formula is C25H40OSm-2. The van der Waals surface area contributed by atoms with E-state index >= 15 is 0 Å². The fourth-order valence-corrected chi connectivity index (χ4v) is 3.55. The molecular weight excluding hydrogens is 467 g/mol. The summed E-state index contributed by atoms with van der Waals surface area (Å²) in [5.41, 5.74) is 14.7. The van der Waals surface area contributed by atoms with E-state index in [-0.39, 0.29) is 40.4 Å². The molecule has 1 unspecified atom stereocenters. The van der Waals surface area contributed by atoms with Gasteiger partial charge in [0.15, 0.2) is 0 Å². The summed E-state index contributed by atoms with van der Waals surface area (Å²) in [6.07, 6.45) is 3.08. The van der Waals surface area contributed by atoms with Gasteiger partial charge in [0.05, 0.1) is 6.10 Å². The molecule has 1 aliphatic heterocycles. The van der Waals surface area contributed by atoms with Crippen LogP contribution in [0.4, 0.5) is 0 Å². The maximum atomic E-state index is 5.15. The summed E-state index contributed by atoms with van der Waals surface area (Å²) in [4.78, 5) is 0. The summed E-state index contributed by atoms with van der Waals surface area (Å²) in [7, 11) is 0. The Morgan fingerprint density at radius 3 is 1.04 bits per heavy atom. The fourth-order valence-electron chi connectivity index (χ4n) is 3.55. The maximum Gasteiger partial charge on any atom is 0.0547 e. The van der Waals surface area contributed by atoms with Crippen LogP contribution in [0.15, 0.2) is 0 Å². The van der Waals surface area contributed by atoms with Gasteiger partial charge in [-0.3, -0.25) is 0 Å². The molecule has 1 nitrogen and oxygen atoms in total. The molecule has 27 heavy (non-hydrogen) atoms. The van der Waals surface area contributed by atoms with Crippen molar-refractivity contribution in [2.75, 3.05) is 6.61 Å². The van der Waals surface area contributed by atoms with Crippen LogP contribution in [0.2, 0.25) is 0 Å². The maximum absolute atomic E-state index is 5.15. The monoisotopic (exact) mass is 508 g/mol. The Bertz CT molecular complexity index is 508. The van der Waals surface area contributed by atoms with E-state index in [2.05, 4.69) is 76.2 Å². The first kappa shape index (κ1) is 27.0. The van der Waals surface area contributed by atoms with E-state index in [1.165, 1.54) is 68.5 Å². The van der Waals surface area contributed by atoms with Crippen molar-refractivity contribution in [1.29, 1.82) is 0 Å². The van der Waals surface area contributed by atoms with Gasteiger partial charge in [0, 0.05) is 47.0 Å². The second-order valence-corrected chi connectivity index (χ2v) is 8.07. The molecule has 0 aliphatic carbocycles. The van der Waals surface area contributed by atoms with Crippen LogP contribution in [0.1, 0.15) is 75.4 Å². The summed E-state index contributed by atoms with van der Waals surface area (Å²) in [6.45, 7) is 25.1. The zero-order chi connectivity index (χ0) is 20.2. The third-order valence-corrected chi connectivity index (χ3v) is 6.78. The third kappa shape index (κ3) is 6.78. The van der Waals surface area contributed by atoms with Gasteiger partial charge in [-0.15, -0.1) is 0 Å². The second kappa shape index (κ2) is 11.9. The summed E-state index contributed by atoms with van der Waals surface area (Å²) in [5, 5.41) is 0. The van der Waals surface area contributed by atoms with E-state index in [4.69, 9.17) is 4.74 Å². The molecule has 3 rings (SSSR count). The van der Waals surface area contributed by atoms with Crippen molar-refractivity contribution in [3.05, 3.63) is 55.6 Å². The minimum Gasteiger partial charge on any atom is -0.379 e. The van der Waals surface area contributed by atoms with Gasteiger partial charge in [-0.05, 0) is 19.8 Å². The summed E-state index contributed by atoms with van der Waals surface area (Å²) < 4.78 is 5.15. The summed E-state index contributed by atoms with van der Waals surface area (Å²) >= 11 is 0. The molecule has 1 aliphatic rings. The molecule has 0 bridgehead atoms. The van der Waals surface area contributed by atoms with Crippen LogP contribution < -0.4 is 0 Å². The predicted molar refractivity (Wildman–Crippen MR) is 116 cm³/mol. The Morgan fingerprint density at radius 1 is 0.667 bits per heavy atom. The van der Waals surface area contributed by atoms with Gasteiger partial charge in [-0.25, -0.2) is 0 Å². The van der Waals surface area contributed by atoms with Crippen molar-refractivity contribution < 1.29 is 45.1 Å². The van der Waals surface area contributed by atoms with Crippen LogP contribution in [0.25, 0.3) is 0 Å². The molecule has 0 radical (unpaired) electrons. The van der Waals surface area contributed by atoms with E-state index in [0.717, 1.165) is 6.61 Å². The van der Waals surface area contributed by atoms with Gasteiger partial charge >= 0.3 is 0 Å². The molecule has 2 heteroatoms. The predicted octanol–water partition coefficient (Wildman–Crippen LogP) is 7.08. The molecule has 2 aromatic rings. The molecule has 1 atom stereocenters. The van der Waals surface area contributed by atoms with Crippen molar-refractivity contribution >= 4 is 0 Å². The van der Waals surface area contributed by atoms with Gasteiger partial charge < -0.3 is 4.74 Å². The van der Waals surface area contributed by atoms with Gasteiger partial charge in [-0.2, -0.15) is 55.6 Å². The van der Waals surface area contributed by atoms with Gasteiger partial charge in [0.1, 0.15) is 0 Å². The van der Waals surface area contributed by atoms with Crippen LogP contribution in [0.5, 0.6) is 0 Å². The van der Waals surface area contributed by atoms with E-state index in [0.29, 0.717) is 6.10 Å². The van der Waals surface area contributed by atoms with Crippen LogP contribution in [-0.4, -0.2) is 12.7 Å². The summed E-state index contributed by atoms with van der Waals surface area (Å²) in [6, 6.07) is 0. The molecule has 0 saturated carbocycles. The zero-order valence-corrected chi connectivity index (χ0v) is 22.1. The van der Waals surface area contributed by atoms with Crippen LogP contribution in [-0.2, 0) is 4.74 Å². The average molecular weight is 507 g/mol. The number of hydrogen-bond acceptors (Lipinski definition) is 1. The molecule has 1 heterocycles. The molecule has 1 fully saturated rings. The second-order valence-electron chi connectivity index (χ2n) is 8.07. The smallest absolute Gasteiger partial charge is 0.0547 e. The minimum atomic E-state index is 0. The van der Waals surface area contributed by atoms with Crippen LogP contribution >= 0.6 is 0 Å². The van der Waals surface area contributed by atoms with E-state index in [9.17, 15) is 0 Å². The van der Waals surface area contributed by atoms with E-state index in [1.807, 2.05) is 0 Å². The van der Waals surface area contributed by atoms with Crippen molar-refractivity contribution in [2.24, 2.45) is 0 Å². The third-order valence-electron chi connectivity index (χ3n) is 6.78. The molecule has 1 saturated heterocycles. The van der Waals surface area contributed by atoms with E-state index in [1.54, 1.807) is 0 Å². The number of ether oxygens (including phenoxy) is 1. The molecule has 154 valence electrons. The molecule has 0 N–H and O–H groups in total. The van der Waals surface area contributed by atoms with Gasteiger partial charge in [0.2, 0.25) is 0 Å². The van der Waals surface area contributed by atoms with E-state index < -0.39 is 0 Å². The van der Waals surface area contributed by atoms with Gasteiger partial charge in [-0.1, -0.05) is 69.2 Å². The molecule has 0 spiro atoms. The summed E-state index contributed by atoms with van der Waals surface area (Å²) in [5.74, 6) is 0. The number of rotatable bonds is 0. The van der Waals surface area contributed by atoms with Crippen LogP contribution in [0, 0.1) is 110 Å². The van der Waals surface area contributed by atoms with Crippen molar-refractivity contribution in [3.63, 3.8) is 0 Å². The van der Waals surface area contributed by atoms with Crippen molar-refractivity contribution in [1.82, 2.24) is 0 Å². The SMILES string of the molecule is CC1CCCO1.Cc1c(C)c(C)[c-](C)c1C.Cc1c(C)c(C)[c-](C)c1C.[Sm]. The first-order chi connectivity index (χ1) is 12.0. The standard InChI is InChI=1S/2C10H15.C5H10O.Sm/c2*1-6-7(2)9(4)10(5)8(6)3;1-5-3-2-4-6-5;/h2*1-5H3;5H,2-4H2,1H3;/q2*-1;;. The topological polar surface area (TPSA) is 9.23 Å². The Balaban J connectivity index is 0.000000380. The van der Waals surface area contributed by atoms with Crippen molar-refractivity contribution in [2.45, 2.75) is 95.1 Å². The van der Waals surface area contributed by atoms with Crippen LogP contribution in [0.3, 0.4) is 0 Å². The average Bonchev–Trinajstić information content (AvgIpc) is 3.22.